The Labute approximate surface area is 126 Å². The van der Waals surface area contributed by atoms with Gasteiger partial charge in [-0.3, -0.25) is 4.79 Å². The van der Waals surface area contributed by atoms with E-state index in [0.29, 0.717) is 10.6 Å². The van der Waals surface area contributed by atoms with E-state index in [4.69, 9.17) is 5.11 Å². The molecule has 0 aliphatic heterocycles. The van der Waals surface area contributed by atoms with Crippen LogP contribution in [0, 0.1) is 5.92 Å². The molecule has 1 aromatic carbocycles. The predicted octanol–water partition coefficient (Wildman–Crippen LogP) is 2.65. The molecule has 6 heteroatoms. The van der Waals surface area contributed by atoms with Crippen molar-refractivity contribution in [1.82, 2.24) is 9.69 Å². The average Bonchev–Trinajstić information content (AvgIpc) is 2.94. The van der Waals surface area contributed by atoms with E-state index < -0.39 is 17.9 Å². The molecular weight excluding hydrogens is 288 g/mol. The second kappa shape index (κ2) is 6.49. The van der Waals surface area contributed by atoms with Crippen LogP contribution >= 0.6 is 11.5 Å². The highest BCUT2D eigenvalue weighted by Gasteiger charge is 2.24. The number of carboxylic acids is 1. The van der Waals surface area contributed by atoms with Gasteiger partial charge in [0.05, 0.1) is 5.69 Å². The van der Waals surface area contributed by atoms with Crippen molar-refractivity contribution in [1.29, 1.82) is 0 Å². The number of hydrogen-bond donors (Lipinski definition) is 2. The van der Waals surface area contributed by atoms with Gasteiger partial charge in [0.15, 0.2) is 0 Å². The maximum absolute atomic E-state index is 12.1. The van der Waals surface area contributed by atoms with Crippen molar-refractivity contribution in [3.8, 4) is 11.3 Å². The molecule has 5 nitrogen and oxygen atoms in total. The maximum atomic E-state index is 12.1. The summed E-state index contributed by atoms with van der Waals surface area (Å²) in [6, 6.07) is 10.3. The van der Waals surface area contributed by atoms with Gasteiger partial charge in [0.1, 0.15) is 10.9 Å². The van der Waals surface area contributed by atoms with Gasteiger partial charge >= 0.3 is 5.97 Å². The summed E-state index contributed by atoms with van der Waals surface area (Å²) in [5, 5.41) is 11.6. The van der Waals surface area contributed by atoms with Crippen LogP contribution < -0.4 is 5.32 Å². The number of aromatic nitrogens is 1. The normalized spacial score (nSPS) is 12.1. The zero-order valence-corrected chi connectivity index (χ0v) is 12.6. The summed E-state index contributed by atoms with van der Waals surface area (Å²) in [7, 11) is 0. The molecule has 0 aliphatic rings. The molecule has 0 spiro atoms. The number of nitrogens with one attached hydrogen (secondary N) is 1. The van der Waals surface area contributed by atoms with Crippen LogP contribution in [0.1, 0.15) is 23.5 Å². The highest BCUT2D eigenvalue weighted by atomic mass is 32.1. The zero-order valence-electron chi connectivity index (χ0n) is 11.7. The van der Waals surface area contributed by atoms with Crippen LogP contribution in [0.4, 0.5) is 0 Å². The second-order valence-electron chi connectivity index (χ2n) is 4.98. The van der Waals surface area contributed by atoms with Crippen molar-refractivity contribution in [2.75, 3.05) is 0 Å². The lowest BCUT2D eigenvalue weighted by atomic mass is 10.0. The van der Waals surface area contributed by atoms with E-state index in [-0.39, 0.29) is 5.92 Å². The Bertz CT molecular complexity index is 637. The fourth-order valence-electron chi connectivity index (χ4n) is 1.85. The Morgan fingerprint density at radius 3 is 2.48 bits per heavy atom. The summed E-state index contributed by atoms with van der Waals surface area (Å²) in [6.07, 6.45) is 0. The van der Waals surface area contributed by atoms with Crippen LogP contribution in [0.5, 0.6) is 0 Å². The van der Waals surface area contributed by atoms with Crippen LogP contribution in [0.15, 0.2) is 36.4 Å². The Balaban J connectivity index is 2.14. The molecule has 1 atom stereocenters. The van der Waals surface area contributed by atoms with Gasteiger partial charge in [-0.05, 0) is 23.5 Å². The third-order valence-corrected chi connectivity index (χ3v) is 3.81. The van der Waals surface area contributed by atoms with Gasteiger partial charge in [0.25, 0.3) is 5.91 Å². The number of aliphatic carboxylic acids is 1. The van der Waals surface area contributed by atoms with Crippen LogP contribution in [0.3, 0.4) is 0 Å². The van der Waals surface area contributed by atoms with Gasteiger partial charge in [-0.2, -0.15) is 4.37 Å². The molecule has 1 aromatic heterocycles. The number of rotatable bonds is 5. The molecule has 0 saturated carbocycles. The molecule has 2 aromatic rings. The molecule has 2 rings (SSSR count). The van der Waals surface area contributed by atoms with Crippen LogP contribution in [-0.2, 0) is 4.79 Å². The minimum absolute atomic E-state index is 0.187. The molecule has 0 bridgehead atoms. The summed E-state index contributed by atoms with van der Waals surface area (Å²) in [5.41, 5.74) is 1.63. The maximum Gasteiger partial charge on any atom is 0.326 e. The van der Waals surface area contributed by atoms with Crippen LogP contribution in [0.2, 0.25) is 0 Å². The molecule has 1 heterocycles. The van der Waals surface area contributed by atoms with Crippen molar-refractivity contribution in [3.63, 3.8) is 0 Å². The molecule has 2 N–H and O–H groups in total. The SMILES string of the molecule is CC(C)[C@H](NC(=O)c1cc(-c2ccccc2)ns1)C(=O)O. The van der Waals surface area contributed by atoms with Gasteiger partial charge in [-0.25, -0.2) is 4.79 Å². The summed E-state index contributed by atoms with van der Waals surface area (Å²) in [4.78, 5) is 23.6. The van der Waals surface area contributed by atoms with Crippen molar-refractivity contribution in [3.05, 3.63) is 41.3 Å². The lowest BCUT2D eigenvalue weighted by Crippen LogP contribution is -2.44. The summed E-state index contributed by atoms with van der Waals surface area (Å²) >= 11 is 1.06. The number of benzene rings is 1. The van der Waals surface area contributed by atoms with E-state index >= 15 is 0 Å². The average molecular weight is 304 g/mol. The fraction of sp³-hybridized carbons (Fsp3) is 0.267. The van der Waals surface area contributed by atoms with Crippen molar-refractivity contribution in [2.45, 2.75) is 19.9 Å². The molecule has 0 fully saturated rings. The highest BCUT2D eigenvalue weighted by molar-refractivity contribution is 7.08. The lowest BCUT2D eigenvalue weighted by molar-refractivity contribution is -0.140. The van der Waals surface area contributed by atoms with Gasteiger partial charge in [-0.1, -0.05) is 44.2 Å². The zero-order chi connectivity index (χ0) is 15.4. The first-order valence-corrected chi connectivity index (χ1v) is 7.32. The number of hydrogen-bond acceptors (Lipinski definition) is 4. The van der Waals surface area contributed by atoms with Gasteiger partial charge < -0.3 is 10.4 Å². The summed E-state index contributed by atoms with van der Waals surface area (Å²) < 4.78 is 4.24. The number of nitrogens with zero attached hydrogens (tertiary/aromatic N) is 1. The molecule has 0 saturated heterocycles. The minimum atomic E-state index is -1.04. The van der Waals surface area contributed by atoms with E-state index in [0.717, 1.165) is 17.1 Å². The van der Waals surface area contributed by atoms with Gasteiger partial charge in [0, 0.05) is 5.56 Å². The van der Waals surface area contributed by atoms with E-state index in [9.17, 15) is 9.59 Å². The number of carbonyl (C=O) groups is 2. The molecule has 110 valence electrons. The third kappa shape index (κ3) is 3.66. The second-order valence-corrected chi connectivity index (χ2v) is 5.78. The van der Waals surface area contributed by atoms with Crippen LogP contribution in [-0.4, -0.2) is 27.4 Å². The molecule has 21 heavy (non-hydrogen) atoms. The topological polar surface area (TPSA) is 79.3 Å². The predicted molar refractivity (Wildman–Crippen MR) is 81.3 cm³/mol. The molecule has 0 unspecified atom stereocenters. The monoisotopic (exact) mass is 304 g/mol. The van der Waals surface area contributed by atoms with Gasteiger partial charge in [0.2, 0.25) is 0 Å². The molecule has 0 aliphatic carbocycles. The fourth-order valence-corrected chi connectivity index (χ4v) is 2.51. The lowest BCUT2D eigenvalue weighted by Gasteiger charge is -2.16. The molecule has 0 radical (unpaired) electrons. The van der Waals surface area contributed by atoms with Crippen molar-refractivity contribution in [2.24, 2.45) is 5.92 Å². The highest BCUT2D eigenvalue weighted by Crippen LogP contribution is 2.21. The number of carboxylic acid groups (broad SMARTS) is 1. The van der Waals surface area contributed by atoms with Crippen LogP contribution in [0.25, 0.3) is 11.3 Å². The van der Waals surface area contributed by atoms with E-state index in [1.807, 2.05) is 30.3 Å². The Morgan fingerprint density at radius 1 is 1.24 bits per heavy atom. The first-order valence-electron chi connectivity index (χ1n) is 6.55. The van der Waals surface area contributed by atoms with E-state index in [2.05, 4.69) is 9.69 Å². The largest absolute Gasteiger partial charge is 0.480 e. The standard InChI is InChI=1S/C15H16N2O3S/c1-9(2)13(15(19)20)16-14(18)12-8-11(17-21-12)10-6-4-3-5-7-10/h3-9,13H,1-2H3,(H,16,18)(H,19,20)/t13-/m0/s1. The quantitative estimate of drug-likeness (QED) is 0.890. The van der Waals surface area contributed by atoms with Gasteiger partial charge in [-0.15, -0.1) is 0 Å². The number of carbonyl (C=O) groups excluding carboxylic acids is 1. The van der Waals surface area contributed by atoms with Crippen molar-refractivity contribution >= 4 is 23.4 Å². The van der Waals surface area contributed by atoms with E-state index in [1.165, 1.54) is 0 Å². The smallest absolute Gasteiger partial charge is 0.326 e. The number of amides is 1. The Kier molecular flexibility index (Phi) is 4.70. The first-order chi connectivity index (χ1) is 9.99. The summed E-state index contributed by atoms with van der Waals surface area (Å²) in [6.45, 7) is 3.50. The third-order valence-electron chi connectivity index (χ3n) is 3.02. The Morgan fingerprint density at radius 2 is 1.90 bits per heavy atom. The first kappa shape index (κ1) is 15.2. The molecular formula is C15H16N2O3S. The van der Waals surface area contributed by atoms with Crippen molar-refractivity contribution < 1.29 is 14.7 Å². The Hall–Kier alpha value is -2.21. The summed E-state index contributed by atoms with van der Waals surface area (Å²) in [5.74, 6) is -1.63. The molecule has 1 amide bonds. The minimum Gasteiger partial charge on any atom is -0.480 e. The van der Waals surface area contributed by atoms with E-state index in [1.54, 1.807) is 19.9 Å².